The third kappa shape index (κ3) is 5.34. The van der Waals surface area contributed by atoms with Crippen molar-refractivity contribution in [3.8, 4) is 0 Å². The smallest absolute Gasteiger partial charge is 0.413 e. The van der Waals surface area contributed by atoms with Gasteiger partial charge in [0, 0.05) is 30.4 Å². The van der Waals surface area contributed by atoms with E-state index in [1.54, 1.807) is 35.2 Å². The molecular formula is C22H23N3O6S. The van der Waals surface area contributed by atoms with Crippen LogP contribution in [0.2, 0.25) is 0 Å². The first-order valence-electron chi connectivity index (χ1n) is 10.1. The minimum atomic E-state index is -0.866. The van der Waals surface area contributed by atoms with Crippen molar-refractivity contribution >= 4 is 46.7 Å². The van der Waals surface area contributed by atoms with Crippen LogP contribution in [0.25, 0.3) is 6.08 Å². The molecule has 0 saturated carbocycles. The van der Waals surface area contributed by atoms with Gasteiger partial charge in [0.1, 0.15) is 6.61 Å². The minimum absolute atomic E-state index is 0.0528. The van der Waals surface area contributed by atoms with E-state index in [0.29, 0.717) is 24.5 Å². The number of aliphatic hydroxyl groups excluding tert-OH is 1. The maximum absolute atomic E-state index is 12.5. The molecule has 2 fully saturated rings. The topological polar surface area (TPSA) is 108 Å². The second-order valence-electron chi connectivity index (χ2n) is 7.40. The number of benzene rings is 1. The van der Waals surface area contributed by atoms with Crippen LogP contribution < -0.4 is 10.2 Å². The predicted molar refractivity (Wildman–Crippen MR) is 119 cm³/mol. The molecule has 2 aliphatic heterocycles. The fourth-order valence-electron chi connectivity index (χ4n) is 3.54. The first kappa shape index (κ1) is 22.0. The number of hydrogen-bond acceptors (Lipinski definition) is 7. The van der Waals surface area contributed by atoms with Gasteiger partial charge in [-0.25, -0.2) is 4.79 Å². The molecule has 2 aromatic rings. The molecule has 2 aliphatic rings. The Labute approximate surface area is 188 Å². The van der Waals surface area contributed by atoms with Crippen molar-refractivity contribution < 1.29 is 29.0 Å². The number of β-amino-alcohol motifs (C(OH)–C–C–N with tert-alkyl or cyclic N) is 1. The number of anilines is 2. The molecule has 2 atom stereocenters. The van der Waals surface area contributed by atoms with Gasteiger partial charge >= 0.3 is 6.09 Å². The summed E-state index contributed by atoms with van der Waals surface area (Å²) in [4.78, 5) is 39.8. The fourth-order valence-corrected chi connectivity index (χ4v) is 4.17. The Bertz CT molecular complexity index is 992. The van der Waals surface area contributed by atoms with Gasteiger partial charge in [-0.05, 0) is 52.7 Å². The molecule has 2 N–H and O–H groups in total. The van der Waals surface area contributed by atoms with Gasteiger partial charge in [0.05, 0.1) is 19.3 Å². The lowest BCUT2D eigenvalue weighted by molar-refractivity contribution is -0.132. The van der Waals surface area contributed by atoms with Crippen LogP contribution in [0.5, 0.6) is 0 Å². The van der Waals surface area contributed by atoms with Crippen molar-refractivity contribution in [1.82, 2.24) is 4.90 Å². The predicted octanol–water partition coefficient (Wildman–Crippen LogP) is 2.29. The molecule has 1 aromatic carbocycles. The van der Waals surface area contributed by atoms with Gasteiger partial charge in [-0.15, -0.1) is 0 Å². The largest absolute Gasteiger partial charge is 0.425 e. The van der Waals surface area contributed by atoms with E-state index in [2.05, 4.69) is 5.32 Å². The number of rotatable bonds is 5. The molecular weight excluding hydrogens is 434 g/mol. The summed E-state index contributed by atoms with van der Waals surface area (Å²) in [5.74, 6) is -0.459. The number of aliphatic hydroxyl groups is 1. The van der Waals surface area contributed by atoms with Crippen LogP contribution in [0.4, 0.5) is 16.2 Å². The summed E-state index contributed by atoms with van der Waals surface area (Å²) < 4.78 is 10.5. The molecule has 4 rings (SSSR count). The highest BCUT2D eigenvalue weighted by Gasteiger charge is 2.36. The number of carbonyl (C=O) groups excluding carboxylic acids is 3. The molecule has 9 nitrogen and oxygen atoms in total. The van der Waals surface area contributed by atoms with Crippen LogP contribution in [0, 0.1) is 0 Å². The summed E-state index contributed by atoms with van der Waals surface area (Å²) in [7, 11) is 0. The van der Waals surface area contributed by atoms with Gasteiger partial charge in [0.15, 0.2) is 6.23 Å². The Morgan fingerprint density at radius 2 is 2.06 bits per heavy atom. The molecule has 0 bridgehead atoms. The zero-order valence-electron chi connectivity index (χ0n) is 17.2. The summed E-state index contributed by atoms with van der Waals surface area (Å²) in [6.45, 7) is 1.09. The summed E-state index contributed by atoms with van der Waals surface area (Å²) in [5.41, 5.74) is 2.10. The molecule has 10 heteroatoms. The van der Waals surface area contributed by atoms with Gasteiger partial charge in [-0.3, -0.25) is 14.9 Å². The molecule has 1 aromatic heterocycles. The molecule has 3 heterocycles. The highest BCUT2D eigenvalue weighted by Crippen LogP contribution is 2.22. The fraction of sp³-hybridized carbons (Fsp3) is 0.318. The average Bonchev–Trinajstić information content (AvgIpc) is 3.42. The van der Waals surface area contributed by atoms with Crippen molar-refractivity contribution in [2.75, 3.05) is 36.5 Å². The highest BCUT2D eigenvalue weighted by molar-refractivity contribution is 7.08. The van der Waals surface area contributed by atoms with E-state index in [1.165, 1.54) is 22.3 Å². The normalized spacial score (nSPS) is 21.2. The van der Waals surface area contributed by atoms with Crippen molar-refractivity contribution in [2.45, 2.75) is 18.8 Å². The van der Waals surface area contributed by atoms with Crippen molar-refractivity contribution in [3.63, 3.8) is 0 Å². The Morgan fingerprint density at radius 1 is 1.25 bits per heavy atom. The molecule has 3 amide bonds. The van der Waals surface area contributed by atoms with Gasteiger partial charge in [-0.1, -0.05) is 0 Å². The summed E-state index contributed by atoms with van der Waals surface area (Å²) in [6, 6.07) is 8.66. The molecule has 168 valence electrons. The standard InChI is InChI=1S/C22H23N3O6S/c26-18-11-21(25(12-18)19(27)6-1-15-7-10-32-14-15)31-22(29)23-16-2-4-17(5-3-16)24-8-9-30-13-20(24)28/h1-7,10,14,18,21,26H,8-9,11-13H2,(H,23,29)/b6-1+/t18-,21-/m1/s1. The maximum Gasteiger partial charge on any atom is 0.413 e. The van der Waals surface area contributed by atoms with E-state index in [-0.39, 0.29) is 31.4 Å². The van der Waals surface area contributed by atoms with E-state index >= 15 is 0 Å². The van der Waals surface area contributed by atoms with Gasteiger partial charge in [0.2, 0.25) is 5.91 Å². The van der Waals surface area contributed by atoms with E-state index in [9.17, 15) is 19.5 Å². The molecule has 0 unspecified atom stereocenters. The lowest BCUT2D eigenvalue weighted by Gasteiger charge is -2.27. The van der Waals surface area contributed by atoms with E-state index in [0.717, 1.165) is 5.56 Å². The molecule has 0 aliphatic carbocycles. The van der Waals surface area contributed by atoms with Crippen LogP contribution in [-0.2, 0) is 19.1 Å². The van der Waals surface area contributed by atoms with E-state index in [1.807, 2.05) is 16.8 Å². The van der Waals surface area contributed by atoms with Crippen LogP contribution in [0.15, 0.2) is 47.2 Å². The number of carbonyl (C=O) groups is 3. The lowest BCUT2D eigenvalue weighted by Crippen LogP contribution is -2.41. The summed E-state index contributed by atoms with van der Waals surface area (Å²) >= 11 is 1.52. The summed E-state index contributed by atoms with van der Waals surface area (Å²) in [5, 5.41) is 16.4. The van der Waals surface area contributed by atoms with E-state index in [4.69, 9.17) is 9.47 Å². The third-order valence-corrected chi connectivity index (χ3v) is 5.83. The number of hydrogen-bond donors (Lipinski definition) is 2. The summed E-state index contributed by atoms with van der Waals surface area (Å²) in [6.07, 6.45) is 0.857. The van der Waals surface area contributed by atoms with Crippen LogP contribution >= 0.6 is 11.3 Å². The number of likely N-dealkylation sites (tertiary alicyclic amines) is 1. The first-order chi connectivity index (χ1) is 15.5. The minimum Gasteiger partial charge on any atom is -0.425 e. The molecule has 2 saturated heterocycles. The van der Waals surface area contributed by atoms with Gasteiger partial charge in [0.25, 0.3) is 5.91 Å². The van der Waals surface area contributed by atoms with Crippen LogP contribution in [0.1, 0.15) is 12.0 Å². The van der Waals surface area contributed by atoms with Gasteiger partial charge in [-0.2, -0.15) is 11.3 Å². The highest BCUT2D eigenvalue weighted by atomic mass is 32.1. The Balaban J connectivity index is 1.34. The Hall–Kier alpha value is -3.21. The zero-order chi connectivity index (χ0) is 22.5. The first-order valence-corrected chi connectivity index (χ1v) is 11.1. The number of amides is 3. The molecule has 0 radical (unpaired) electrons. The second kappa shape index (κ2) is 9.94. The van der Waals surface area contributed by atoms with Gasteiger partial charge < -0.3 is 24.4 Å². The SMILES string of the molecule is O=C(Nc1ccc(N2CCOCC2=O)cc1)O[C@@H]1C[C@@H](O)CN1C(=O)/C=C/c1ccsc1. The number of ether oxygens (including phenoxy) is 2. The third-order valence-electron chi connectivity index (χ3n) is 5.13. The van der Waals surface area contributed by atoms with Crippen molar-refractivity contribution in [3.05, 3.63) is 52.7 Å². The number of nitrogens with zero attached hydrogens (tertiary/aromatic N) is 2. The zero-order valence-corrected chi connectivity index (χ0v) is 18.0. The number of nitrogens with one attached hydrogen (secondary N) is 1. The molecule has 0 spiro atoms. The Morgan fingerprint density at radius 3 is 2.78 bits per heavy atom. The van der Waals surface area contributed by atoms with Crippen LogP contribution in [-0.4, -0.2) is 66.5 Å². The van der Waals surface area contributed by atoms with Crippen LogP contribution in [0.3, 0.4) is 0 Å². The van der Waals surface area contributed by atoms with E-state index < -0.39 is 18.4 Å². The maximum atomic E-state index is 12.5. The van der Waals surface area contributed by atoms with Crippen molar-refractivity contribution in [2.24, 2.45) is 0 Å². The lowest BCUT2D eigenvalue weighted by atomic mass is 10.2. The second-order valence-corrected chi connectivity index (χ2v) is 8.18. The average molecular weight is 458 g/mol. The Kier molecular flexibility index (Phi) is 6.84. The monoisotopic (exact) mass is 457 g/mol. The number of morpholine rings is 1. The van der Waals surface area contributed by atoms with Crippen molar-refractivity contribution in [1.29, 1.82) is 0 Å². The number of thiophene rings is 1. The quantitative estimate of drug-likeness (QED) is 0.667. The molecule has 32 heavy (non-hydrogen) atoms.